The van der Waals surface area contributed by atoms with E-state index in [0.717, 1.165) is 4.90 Å². The molecule has 1 heterocycles. The molecule has 0 unspecified atom stereocenters. The lowest BCUT2D eigenvalue weighted by atomic mass is 10.2. The minimum absolute atomic E-state index is 0.0705. The first-order valence-corrected chi connectivity index (χ1v) is 9.27. The molecule has 1 aliphatic rings. The highest BCUT2D eigenvalue weighted by molar-refractivity contribution is 6.53. The summed E-state index contributed by atoms with van der Waals surface area (Å²) in [6, 6.07) is 11.5. The third-order valence-corrected chi connectivity index (χ3v) is 4.46. The van der Waals surface area contributed by atoms with E-state index in [4.69, 9.17) is 21.4 Å². The van der Waals surface area contributed by atoms with Crippen LogP contribution in [-0.2, 0) is 14.3 Å². The largest absolute Gasteiger partial charge is 0.478 e. The molecule has 3 rings (SSSR count). The fourth-order valence-corrected chi connectivity index (χ4v) is 2.95. The Morgan fingerprint density at radius 2 is 1.70 bits per heavy atom. The van der Waals surface area contributed by atoms with E-state index in [9.17, 15) is 19.2 Å². The van der Waals surface area contributed by atoms with Crippen molar-refractivity contribution in [2.75, 3.05) is 10.2 Å². The van der Waals surface area contributed by atoms with Crippen molar-refractivity contribution in [3.8, 4) is 0 Å². The Morgan fingerprint density at radius 3 is 2.30 bits per heavy atom. The van der Waals surface area contributed by atoms with Crippen LogP contribution in [0.4, 0.5) is 11.4 Å². The van der Waals surface area contributed by atoms with Crippen LogP contribution in [0.3, 0.4) is 0 Å². The van der Waals surface area contributed by atoms with Gasteiger partial charge in [-0.15, -0.1) is 0 Å². The SMILES string of the molecule is CC(C)OC(=O)c1cccc(N2C(=O)C(Cl)=C(Nc3ccc(C(=O)O)cc3)C2=O)c1. The predicted molar refractivity (Wildman–Crippen MR) is 109 cm³/mol. The Balaban J connectivity index is 1.85. The number of carbonyl (C=O) groups excluding carboxylic acids is 3. The normalized spacial score (nSPS) is 13.8. The van der Waals surface area contributed by atoms with Crippen LogP contribution in [0.1, 0.15) is 34.6 Å². The lowest BCUT2D eigenvalue weighted by Gasteiger charge is -2.16. The number of hydrogen-bond donors (Lipinski definition) is 2. The van der Waals surface area contributed by atoms with E-state index in [-0.39, 0.29) is 33.6 Å². The monoisotopic (exact) mass is 428 g/mol. The first-order chi connectivity index (χ1) is 14.2. The summed E-state index contributed by atoms with van der Waals surface area (Å²) in [6.07, 6.45) is -0.323. The molecule has 1 aliphatic heterocycles. The maximum absolute atomic E-state index is 12.9. The standard InChI is InChI=1S/C21H17ClN2O6/c1-11(2)30-21(29)13-4-3-5-15(10-13)24-18(25)16(22)17(19(24)26)23-14-8-6-12(7-9-14)20(27)28/h3-11,23H,1-2H3,(H,27,28). The fourth-order valence-electron chi connectivity index (χ4n) is 2.74. The van der Waals surface area contributed by atoms with Gasteiger partial charge in [-0.2, -0.15) is 0 Å². The van der Waals surface area contributed by atoms with Gasteiger partial charge in [-0.3, -0.25) is 9.59 Å². The number of carboxylic acid groups (broad SMARTS) is 1. The quantitative estimate of drug-likeness (QED) is 0.535. The molecular formula is C21H17ClN2O6. The second-order valence-electron chi connectivity index (χ2n) is 6.65. The van der Waals surface area contributed by atoms with E-state index in [1.54, 1.807) is 13.8 Å². The molecule has 2 aromatic rings. The van der Waals surface area contributed by atoms with E-state index < -0.39 is 23.8 Å². The predicted octanol–water partition coefficient (Wildman–Crippen LogP) is 3.39. The molecule has 2 amide bonds. The maximum atomic E-state index is 12.9. The number of anilines is 2. The third-order valence-electron chi connectivity index (χ3n) is 4.11. The number of hydrogen-bond acceptors (Lipinski definition) is 6. The van der Waals surface area contributed by atoms with Gasteiger partial charge in [0, 0.05) is 5.69 Å². The Kier molecular flexibility index (Phi) is 5.89. The van der Waals surface area contributed by atoms with Crippen molar-refractivity contribution in [3.63, 3.8) is 0 Å². The summed E-state index contributed by atoms with van der Waals surface area (Å²) in [4.78, 5) is 49.4. The number of carbonyl (C=O) groups is 4. The zero-order valence-electron chi connectivity index (χ0n) is 16.0. The summed E-state index contributed by atoms with van der Waals surface area (Å²) in [6.45, 7) is 3.42. The molecule has 0 bridgehead atoms. The second kappa shape index (κ2) is 8.38. The summed E-state index contributed by atoms with van der Waals surface area (Å²) in [5.74, 6) is -3.13. The molecule has 2 aromatic carbocycles. The van der Waals surface area contributed by atoms with E-state index in [0.29, 0.717) is 5.69 Å². The Morgan fingerprint density at radius 1 is 1.03 bits per heavy atom. The molecular weight excluding hydrogens is 412 g/mol. The topological polar surface area (TPSA) is 113 Å². The molecule has 0 aromatic heterocycles. The van der Waals surface area contributed by atoms with Gasteiger partial charge in [-0.05, 0) is 56.3 Å². The molecule has 0 atom stereocenters. The lowest BCUT2D eigenvalue weighted by molar-refractivity contribution is -0.120. The molecule has 0 saturated heterocycles. The number of halogens is 1. The average Bonchev–Trinajstić information content (AvgIpc) is 2.91. The van der Waals surface area contributed by atoms with Crippen molar-refractivity contribution in [3.05, 3.63) is 70.4 Å². The fraction of sp³-hybridized carbons (Fsp3) is 0.143. The number of nitrogens with zero attached hydrogens (tertiary/aromatic N) is 1. The van der Waals surface area contributed by atoms with Crippen LogP contribution >= 0.6 is 11.6 Å². The van der Waals surface area contributed by atoms with Gasteiger partial charge in [0.15, 0.2) is 0 Å². The minimum Gasteiger partial charge on any atom is -0.478 e. The second-order valence-corrected chi connectivity index (χ2v) is 7.02. The number of carboxylic acids is 1. The van der Waals surface area contributed by atoms with Crippen molar-refractivity contribution in [1.82, 2.24) is 0 Å². The highest BCUT2D eigenvalue weighted by Crippen LogP contribution is 2.30. The number of ether oxygens (including phenoxy) is 1. The van der Waals surface area contributed by atoms with Crippen LogP contribution in [0.15, 0.2) is 59.3 Å². The molecule has 0 radical (unpaired) electrons. The Bertz CT molecular complexity index is 1080. The van der Waals surface area contributed by atoms with Gasteiger partial charge in [0.05, 0.1) is 22.9 Å². The van der Waals surface area contributed by atoms with Gasteiger partial charge in [0.1, 0.15) is 10.7 Å². The number of rotatable bonds is 6. The highest BCUT2D eigenvalue weighted by Gasteiger charge is 2.39. The van der Waals surface area contributed by atoms with Crippen molar-refractivity contribution >= 4 is 46.7 Å². The van der Waals surface area contributed by atoms with Gasteiger partial charge in [-0.1, -0.05) is 17.7 Å². The Labute approximate surface area is 176 Å². The first kappa shape index (κ1) is 21.1. The van der Waals surface area contributed by atoms with Crippen molar-refractivity contribution in [2.24, 2.45) is 0 Å². The van der Waals surface area contributed by atoms with Gasteiger partial charge in [-0.25, -0.2) is 14.5 Å². The van der Waals surface area contributed by atoms with Crippen molar-refractivity contribution in [2.45, 2.75) is 20.0 Å². The minimum atomic E-state index is -1.09. The van der Waals surface area contributed by atoms with Crippen molar-refractivity contribution in [1.29, 1.82) is 0 Å². The number of benzene rings is 2. The van der Waals surface area contributed by atoms with Crippen LogP contribution in [-0.4, -0.2) is 35.0 Å². The molecule has 0 saturated carbocycles. The lowest BCUT2D eigenvalue weighted by Crippen LogP contribution is -2.32. The number of amides is 2. The van der Waals surface area contributed by atoms with E-state index in [1.807, 2.05) is 0 Å². The van der Waals surface area contributed by atoms with Crippen molar-refractivity contribution < 1.29 is 29.0 Å². The summed E-state index contributed by atoms with van der Waals surface area (Å²) < 4.78 is 5.14. The number of aromatic carboxylic acids is 1. The number of imide groups is 1. The molecule has 8 nitrogen and oxygen atoms in total. The first-order valence-electron chi connectivity index (χ1n) is 8.89. The summed E-state index contributed by atoms with van der Waals surface area (Å²) in [5.41, 5.74) is 0.648. The van der Waals surface area contributed by atoms with Gasteiger partial charge in [0.2, 0.25) is 0 Å². The molecule has 0 aliphatic carbocycles. The average molecular weight is 429 g/mol. The van der Waals surface area contributed by atoms with Crippen LogP contribution in [0.2, 0.25) is 0 Å². The zero-order chi connectivity index (χ0) is 22.0. The number of nitrogens with one attached hydrogen (secondary N) is 1. The smallest absolute Gasteiger partial charge is 0.338 e. The summed E-state index contributed by atoms with van der Waals surface area (Å²) >= 11 is 6.09. The van der Waals surface area contributed by atoms with Crippen LogP contribution in [0, 0.1) is 0 Å². The molecule has 0 spiro atoms. The zero-order valence-corrected chi connectivity index (χ0v) is 16.8. The van der Waals surface area contributed by atoms with E-state index >= 15 is 0 Å². The molecule has 2 N–H and O–H groups in total. The third kappa shape index (κ3) is 4.18. The molecule has 154 valence electrons. The van der Waals surface area contributed by atoms with Crippen LogP contribution < -0.4 is 10.2 Å². The molecule has 9 heteroatoms. The summed E-state index contributed by atoms with van der Waals surface area (Å²) in [5, 5.41) is 11.4. The van der Waals surface area contributed by atoms with Gasteiger partial charge < -0.3 is 15.2 Å². The van der Waals surface area contributed by atoms with Gasteiger partial charge in [0.25, 0.3) is 11.8 Å². The number of esters is 1. The van der Waals surface area contributed by atoms with E-state index in [2.05, 4.69) is 5.32 Å². The van der Waals surface area contributed by atoms with E-state index in [1.165, 1.54) is 48.5 Å². The Hall–Kier alpha value is -3.65. The molecule has 0 fully saturated rings. The summed E-state index contributed by atoms with van der Waals surface area (Å²) in [7, 11) is 0. The van der Waals surface area contributed by atoms with Gasteiger partial charge >= 0.3 is 11.9 Å². The maximum Gasteiger partial charge on any atom is 0.338 e. The van der Waals surface area contributed by atoms with Crippen LogP contribution in [0.5, 0.6) is 0 Å². The highest BCUT2D eigenvalue weighted by atomic mass is 35.5. The molecule has 30 heavy (non-hydrogen) atoms. The van der Waals surface area contributed by atoms with Crippen LogP contribution in [0.25, 0.3) is 0 Å².